The number of anilines is 2. The van der Waals surface area contributed by atoms with Gasteiger partial charge < -0.3 is 9.88 Å². The van der Waals surface area contributed by atoms with Gasteiger partial charge in [0.25, 0.3) is 0 Å². The van der Waals surface area contributed by atoms with E-state index in [-0.39, 0.29) is 0 Å². The van der Waals surface area contributed by atoms with E-state index in [2.05, 4.69) is 33.1 Å². The van der Waals surface area contributed by atoms with Crippen molar-refractivity contribution in [2.45, 2.75) is 0 Å². The van der Waals surface area contributed by atoms with Crippen LogP contribution < -0.4 is 5.32 Å². The van der Waals surface area contributed by atoms with Gasteiger partial charge in [0.15, 0.2) is 0 Å². The van der Waals surface area contributed by atoms with E-state index in [4.69, 9.17) is 0 Å². The van der Waals surface area contributed by atoms with E-state index >= 15 is 0 Å². The van der Waals surface area contributed by atoms with Crippen LogP contribution in [0.15, 0.2) is 108 Å². The molecule has 0 spiro atoms. The second-order valence-electron chi connectivity index (χ2n) is 5.93. The van der Waals surface area contributed by atoms with Gasteiger partial charge in [-0.1, -0.05) is 36.4 Å². The van der Waals surface area contributed by atoms with Gasteiger partial charge in [-0.25, -0.2) is 0 Å². The largest absolute Gasteiger partial charge is 0.356 e. The first-order valence-corrected chi connectivity index (χ1v) is 8.57. The highest BCUT2D eigenvalue weighted by atomic mass is 15.0. The summed E-state index contributed by atoms with van der Waals surface area (Å²) in [5.41, 5.74) is 5.21. The van der Waals surface area contributed by atoms with E-state index in [1.807, 2.05) is 91.3 Å². The van der Waals surface area contributed by atoms with E-state index in [0.29, 0.717) is 0 Å². The summed E-state index contributed by atoms with van der Waals surface area (Å²) in [6, 6.07) is 32.6. The van der Waals surface area contributed by atoms with Crippen LogP contribution in [0.25, 0.3) is 5.69 Å². The number of aromatic nitrogens is 1. The van der Waals surface area contributed by atoms with Gasteiger partial charge in [-0.05, 0) is 60.7 Å². The van der Waals surface area contributed by atoms with E-state index in [1.165, 1.54) is 0 Å². The molecule has 0 bridgehead atoms. The van der Waals surface area contributed by atoms with Crippen LogP contribution in [0.2, 0.25) is 0 Å². The first-order chi connectivity index (χ1) is 12.9. The number of para-hydroxylation sites is 2. The molecule has 4 aromatic rings. The number of rotatable bonds is 5. The van der Waals surface area contributed by atoms with Gasteiger partial charge in [-0.15, -0.1) is 0 Å². The standard InChI is InChI=1S/C23H19N3/c1-3-8-20(9-4-1)25-21-15-13-19(14-16-21)24-18-23-12-7-17-26(23)22-10-5-2-6-11-22/h1-18,25H. The third-order valence-corrected chi connectivity index (χ3v) is 4.09. The lowest BCUT2D eigenvalue weighted by molar-refractivity contribution is 1.07. The highest BCUT2D eigenvalue weighted by molar-refractivity contribution is 5.81. The van der Waals surface area contributed by atoms with Crippen LogP contribution in [0.1, 0.15) is 5.69 Å². The third-order valence-electron chi connectivity index (χ3n) is 4.09. The molecule has 0 aliphatic carbocycles. The minimum absolute atomic E-state index is 0.921. The van der Waals surface area contributed by atoms with E-state index in [1.54, 1.807) is 0 Å². The van der Waals surface area contributed by atoms with Gasteiger partial charge in [-0.3, -0.25) is 4.99 Å². The molecule has 1 heterocycles. The summed E-state index contributed by atoms with van der Waals surface area (Å²) in [5.74, 6) is 0. The van der Waals surface area contributed by atoms with Gasteiger partial charge in [0.05, 0.1) is 17.6 Å². The van der Waals surface area contributed by atoms with Crippen molar-refractivity contribution < 1.29 is 0 Å². The number of aliphatic imine (C=N–C) groups is 1. The lowest BCUT2D eigenvalue weighted by atomic mass is 10.2. The number of nitrogens with zero attached hydrogens (tertiary/aromatic N) is 2. The predicted octanol–water partition coefficient (Wildman–Crippen LogP) is 5.97. The molecule has 0 amide bonds. The molecule has 126 valence electrons. The molecule has 1 N–H and O–H groups in total. The van der Waals surface area contributed by atoms with Crippen LogP contribution >= 0.6 is 0 Å². The molecule has 3 heteroatoms. The van der Waals surface area contributed by atoms with Gasteiger partial charge in [0.1, 0.15) is 0 Å². The monoisotopic (exact) mass is 337 g/mol. The SMILES string of the molecule is C(=Nc1ccc(Nc2ccccc2)cc1)c1cccn1-c1ccccc1. The summed E-state index contributed by atoms with van der Waals surface area (Å²) in [4.78, 5) is 4.61. The van der Waals surface area contributed by atoms with Gasteiger partial charge in [-0.2, -0.15) is 0 Å². The van der Waals surface area contributed by atoms with Gasteiger partial charge in [0, 0.05) is 23.3 Å². The zero-order valence-corrected chi connectivity index (χ0v) is 14.3. The summed E-state index contributed by atoms with van der Waals surface area (Å²) >= 11 is 0. The molecule has 0 saturated heterocycles. The number of hydrogen-bond donors (Lipinski definition) is 1. The Morgan fingerprint density at radius 1 is 0.654 bits per heavy atom. The summed E-state index contributed by atoms with van der Waals surface area (Å²) in [6.07, 6.45) is 3.94. The van der Waals surface area contributed by atoms with Crippen molar-refractivity contribution in [3.8, 4) is 5.69 Å². The Bertz CT molecular complexity index is 985. The molecule has 0 radical (unpaired) electrons. The fraction of sp³-hybridized carbons (Fsp3) is 0. The van der Waals surface area contributed by atoms with E-state index in [9.17, 15) is 0 Å². The molecule has 0 saturated carbocycles. The summed E-state index contributed by atoms with van der Waals surface area (Å²) < 4.78 is 2.12. The Labute approximate surface area is 153 Å². The molecule has 4 rings (SSSR count). The molecule has 26 heavy (non-hydrogen) atoms. The first-order valence-electron chi connectivity index (χ1n) is 8.57. The Morgan fingerprint density at radius 3 is 2.04 bits per heavy atom. The maximum absolute atomic E-state index is 4.61. The third kappa shape index (κ3) is 3.73. The topological polar surface area (TPSA) is 29.3 Å². The molecule has 1 aromatic heterocycles. The molecular formula is C23H19N3. The van der Waals surface area contributed by atoms with Crippen LogP contribution in [0.5, 0.6) is 0 Å². The minimum Gasteiger partial charge on any atom is -0.356 e. The lowest BCUT2D eigenvalue weighted by Crippen LogP contribution is -1.97. The van der Waals surface area contributed by atoms with E-state index < -0.39 is 0 Å². The molecule has 3 aromatic carbocycles. The van der Waals surface area contributed by atoms with Crippen LogP contribution in [-0.4, -0.2) is 10.8 Å². The fourth-order valence-corrected chi connectivity index (χ4v) is 2.78. The lowest BCUT2D eigenvalue weighted by Gasteiger charge is -2.07. The molecule has 0 atom stereocenters. The Balaban J connectivity index is 1.49. The fourth-order valence-electron chi connectivity index (χ4n) is 2.78. The molecule has 3 nitrogen and oxygen atoms in total. The molecule has 0 aliphatic rings. The number of hydrogen-bond acceptors (Lipinski definition) is 2. The quantitative estimate of drug-likeness (QED) is 0.447. The second-order valence-corrected chi connectivity index (χ2v) is 5.93. The summed E-state index contributed by atoms with van der Waals surface area (Å²) in [6.45, 7) is 0. The summed E-state index contributed by atoms with van der Waals surface area (Å²) in [7, 11) is 0. The van der Waals surface area contributed by atoms with Crippen molar-refractivity contribution >= 4 is 23.3 Å². The van der Waals surface area contributed by atoms with Crippen molar-refractivity contribution in [1.29, 1.82) is 0 Å². The minimum atomic E-state index is 0.921. The van der Waals surface area contributed by atoms with Crippen LogP contribution in [-0.2, 0) is 0 Å². The Kier molecular flexibility index (Phi) is 4.61. The highest BCUT2D eigenvalue weighted by Gasteiger charge is 2.00. The van der Waals surface area contributed by atoms with Crippen LogP contribution in [0.4, 0.5) is 17.1 Å². The molecule has 0 aliphatic heterocycles. The maximum Gasteiger partial charge on any atom is 0.0639 e. The summed E-state index contributed by atoms with van der Waals surface area (Å²) in [5, 5.41) is 3.38. The highest BCUT2D eigenvalue weighted by Crippen LogP contribution is 2.20. The van der Waals surface area contributed by atoms with E-state index in [0.717, 1.165) is 28.4 Å². The first kappa shape index (κ1) is 15.9. The average molecular weight is 337 g/mol. The maximum atomic E-state index is 4.61. The average Bonchev–Trinajstić information content (AvgIpc) is 3.18. The van der Waals surface area contributed by atoms with Gasteiger partial charge in [0.2, 0.25) is 0 Å². The predicted molar refractivity (Wildman–Crippen MR) is 109 cm³/mol. The Morgan fingerprint density at radius 2 is 1.31 bits per heavy atom. The van der Waals surface area contributed by atoms with Crippen molar-refractivity contribution in [1.82, 2.24) is 4.57 Å². The van der Waals surface area contributed by atoms with Crippen molar-refractivity contribution in [3.05, 3.63) is 109 Å². The smallest absolute Gasteiger partial charge is 0.0639 e. The second kappa shape index (κ2) is 7.53. The van der Waals surface area contributed by atoms with Crippen LogP contribution in [0, 0.1) is 0 Å². The van der Waals surface area contributed by atoms with Crippen LogP contribution in [0.3, 0.4) is 0 Å². The molecule has 0 fully saturated rings. The Hall–Kier alpha value is -3.59. The number of benzene rings is 3. The molecule has 0 unspecified atom stereocenters. The molecular weight excluding hydrogens is 318 g/mol. The zero-order chi connectivity index (χ0) is 17.6. The van der Waals surface area contributed by atoms with Crippen molar-refractivity contribution in [3.63, 3.8) is 0 Å². The number of nitrogens with one attached hydrogen (secondary N) is 1. The normalized spacial score (nSPS) is 10.9. The van der Waals surface area contributed by atoms with Crippen molar-refractivity contribution in [2.75, 3.05) is 5.32 Å². The zero-order valence-electron chi connectivity index (χ0n) is 14.3. The van der Waals surface area contributed by atoms with Crippen molar-refractivity contribution in [2.24, 2.45) is 4.99 Å². The van der Waals surface area contributed by atoms with Gasteiger partial charge >= 0.3 is 0 Å².